The molecule has 2 rings (SSSR count). The van der Waals surface area contributed by atoms with Gasteiger partial charge in [0.2, 0.25) is 0 Å². The van der Waals surface area contributed by atoms with E-state index in [0.29, 0.717) is 12.8 Å². The zero-order valence-electron chi connectivity index (χ0n) is 11.5. The number of pyridine rings is 1. The van der Waals surface area contributed by atoms with Gasteiger partial charge in [-0.3, -0.25) is 0 Å². The van der Waals surface area contributed by atoms with Gasteiger partial charge in [0.25, 0.3) is 0 Å². The average Bonchev–Trinajstić information content (AvgIpc) is 2.37. The number of sulfone groups is 1. The van der Waals surface area contributed by atoms with Gasteiger partial charge in [-0.15, -0.1) is 0 Å². The highest BCUT2D eigenvalue weighted by molar-refractivity contribution is 7.91. The van der Waals surface area contributed by atoms with Crippen molar-refractivity contribution in [1.82, 2.24) is 4.98 Å². The van der Waals surface area contributed by atoms with Gasteiger partial charge in [-0.05, 0) is 31.4 Å². The first-order valence-electron chi connectivity index (χ1n) is 6.65. The van der Waals surface area contributed by atoms with E-state index in [9.17, 15) is 21.6 Å². The van der Waals surface area contributed by atoms with Crippen LogP contribution in [0.2, 0.25) is 0 Å². The van der Waals surface area contributed by atoms with Gasteiger partial charge < -0.3 is 5.32 Å². The number of halogens is 3. The Kier molecular flexibility index (Phi) is 4.46. The highest BCUT2D eigenvalue weighted by atomic mass is 32.2. The van der Waals surface area contributed by atoms with Crippen LogP contribution >= 0.6 is 0 Å². The molecule has 2 unspecified atom stereocenters. The standard InChI is InChI=1S/C13H17F3N2O2S/c1-21(19,20)11-4-2-3-10(8-11)18-12-7-9(5-6-17-12)13(14,15)16/h5-7,10-11H,2-4,8H2,1H3,(H,17,18). The molecule has 0 saturated heterocycles. The Balaban J connectivity index is 2.08. The van der Waals surface area contributed by atoms with Gasteiger partial charge in [0, 0.05) is 18.5 Å². The Morgan fingerprint density at radius 3 is 2.67 bits per heavy atom. The maximum absolute atomic E-state index is 12.6. The third-order valence-corrected chi connectivity index (χ3v) is 5.31. The van der Waals surface area contributed by atoms with E-state index >= 15 is 0 Å². The van der Waals surface area contributed by atoms with Crippen LogP contribution < -0.4 is 5.32 Å². The molecule has 0 spiro atoms. The summed E-state index contributed by atoms with van der Waals surface area (Å²) in [5, 5.41) is 2.48. The van der Waals surface area contributed by atoms with E-state index in [1.165, 1.54) is 6.26 Å². The zero-order chi connectivity index (χ0) is 15.7. The molecule has 4 nitrogen and oxygen atoms in total. The van der Waals surface area contributed by atoms with Crippen molar-refractivity contribution in [3.8, 4) is 0 Å². The molecule has 8 heteroatoms. The summed E-state index contributed by atoms with van der Waals surface area (Å²) in [6.07, 6.45) is 0.341. The lowest BCUT2D eigenvalue weighted by Gasteiger charge is -2.29. The summed E-state index contributed by atoms with van der Waals surface area (Å²) in [6, 6.07) is 1.68. The normalized spacial score (nSPS) is 23.8. The molecule has 1 aliphatic carbocycles. The molecule has 0 aliphatic heterocycles. The first-order valence-corrected chi connectivity index (χ1v) is 8.60. The van der Waals surface area contributed by atoms with Crippen LogP contribution in [0.15, 0.2) is 18.3 Å². The molecule has 2 atom stereocenters. The number of rotatable bonds is 3. The van der Waals surface area contributed by atoms with E-state index in [-0.39, 0.29) is 11.9 Å². The van der Waals surface area contributed by atoms with E-state index < -0.39 is 26.8 Å². The van der Waals surface area contributed by atoms with E-state index in [2.05, 4.69) is 10.3 Å². The number of anilines is 1. The highest BCUT2D eigenvalue weighted by Crippen LogP contribution is 2.31. The minimum Gasteiger partial charge on any atom is -0.367 e. The number of nitrogens with zero attached hydrogens (tertiary/aromatic N) is 1. The summed E-state index contributed by atoms with van der Waals surface area (Å²) < 4.78 is 61.0. The smallest absolute Gasteiger partial charge is 0.367 e. The van der Waals surface area contributed by atoms with Crippen molar-refractivity contribution < 1.29 is 21.6 Å². The topological polar surface area (TPSA) is 59.1 Å². The molecule has 1 heterocycles. The van der Waals surface area contributed by atoms with Crippen LogP contribution in [0.3, 0.4) is 0 Å². The molecule has 1 aliphatic rings. The molecule has 0 amide bonds. The lowest BCUT2D eigenvalue weighted by Crippen LogP contribution is -2.34. The molecule has 0 radical (unpaired) electrons. The monoisotopic (exact) mass is 322 g/mol. The van der Waals surface area contributed by atoms with Crippen LogP contribution in [0.5, 0.6) is 0 Å². The molecular formula is C13H17F3N2O2S. The Morgan fingerprint density at radius 2 is 2.05 bits per heavy atom. The number of alkyl halides is 3. The summed E-state index contributed by atoms with van der Waals surface area (Å²) >= 11 is 0. The quantitative estimate of drug-likeness (QED) is 0.929. The van der Waals surface area contributed by atoms with Crippen molar-refractivity contribution in [2.24, 2.45) is 0 Å². The van der Waals surface area contributed by atoms with Gasteiger partial charge in [0.15, 0.2) is 0 Å². The van der Waals surface area contributed by atoms with Crippen molar-refractivity contribution in [3.63, 3.8) is 0 Å². The fourth-order valence-electron chi connectivity index (χ4n) is 2.56. The predicted octanol–water partition coefficient (Wildman–Crippen LogP) is 2.87. The number of aromatic nitrogens is 1. The van der Waals surface area contributed by atoms with Gasteiger partial charge >= 0.3 is 6.18 Å². The molecule has 1 N–H and O–H groups in total. The molecule has 0 aromatic carbocycles. The van der Waals surface area contributed by atoms with E-state index in [1.54, 1.807) is 0 Å². The largest absolute Gasteiger partial charge is 0.416 e. The average molecular weight is 322 g/mol. The number of nitrogens with one attached hydrogen (secondary N) is 1. The van der Waals surface area contributed by atoms with Crippen LogP contribution in [0.25, 0.3) is 0 Å². The van der Waals surface area contributed by atoms with Crippen LogP contribution in [0.4, 0.5) is 19.0 Å². The first kappa shape index (κ1) is 16.1. The first-order chi connectivity index (χ1) is 9.66. The van der Waals surface area contributed by atoms with Gasteiger partial charge in [0.1, 0.15) is 15.7 Å². The zero-order valence-corrected chi connectivity index (χ0v) is 12.3. The van der Waals surface area contributed by atoms with Crippen LogP contribution in [0.1, 0.15) is 31.2 Å². The third-order valence-electron chi connectivity index (χ3n) is 3.67. The lowest BCUT2D eigenvalue weighted by atomic mass is 9.95. The van der Waals surface area contributed by atoms with Crippen LogP contribution in [-0.2, 0) is 16.0 Å². The lowest BCUT2D eigenvalue weighted by molar-refractivity contribution is -0.137. The Hall–Kier alpha value is -1.31. The summed E-state index contributed by atoms with van der Waals surface area (Å²) in [7, 11) is -3.12. The fraction of sp³-hybridized carbons (Fsp3) is 0.615. The summed E-state index contributed by atoms with van der Waals surface area (Å²) in [5.74, 6) is 0.129. The molecule has 1 aromatic rings. The Bertz CT molecular complexity index is 602. The van der Waals surface area contributed by atoms with Gasteiger partial charge in [-0.25, -0.2) is 13.4 Å². The van der Waals surface area contributed by atoms with E-state index in [0.717, 1.165) is 31.2 Å². The van der Waals surface area contributed by atoms with Crippen molar-refractivity contribution in [2.45, 2.75) is 43.2 Å². The van der Waals surface area contributed by atoms with Gasteiger partial charge in [-0.1, -0.05) is 6.42 Å². The molecule has 1 fully saturated rings. The molecule has 118 valence electrons. The summed E-state index contributed by atoms with van der Waals surface area (Å²) in [4.78, 5) is 3.87. The van der Waals surface area contributed by atoms with Gasteiger partial charge in [-0.2, -0.15) is 13.2 Å². The van der Waals surface area contributed by atoms with Crippen LogP contribution in [-0.4, -0.2) is 30.9 Å². The summed E-state index contributed by atoms with van der Waals surface area (Å²) in [5.41, 5.74) is -0.768. The number of hydrogen-bond acceptors (Lipinski definition) is 4. The van der Waals surface area contributed by atoms with E-state index in [1.807, 2.05) is 0 Å². The Labute approximate surface area is 121 Å². The second kappa shape index (κ2) is 5.82. The van der Waals surface area contributed by atoms with Crippen molar-refractivity contribution in [1.29, 1.82) is 0 Å². The van der Waals surface area contributed by atoms with Gasteiger partial charge in [0.05, 0.1) is 10.8 Å². The summed E-state index contributed by atoms with van der Waals surface area (Å²) in [6.45, 7) is 0. The fourth-order valence-corrected chi connectivity index (χ4v) is 3.74. The molecule has 1 aromatic heterocycles. The Morgan fingerprint density at radius 1 is 1.33 bits per heavy atom. The second-order valence-electron chi connectivity index (χ2n) is 5.39. The van der Waals surface area contributed by atoms with E-state index in [4.69, 9.17) is 0 Å². The van der Waals surface area contributed by atoms with Crippen molar-refractivity contribution in [2.75, 3.05) is 11.6 Å². The van der Waals surface area contributed by atoms with Crippen LogP contribution in [0, 0.1) is 0 Å². The SMILES string of the molecule is CS(=O)(=O)C1CCCC(Nc2cc(C(F)(F)F)ccn2)C1. The maximum Gasteiger partial charge on any atom is 0.416 e. The second-order valence-corrected chi connectivity index (χ2v) is 7.71. The number of hydrogen-bond donors (Lipinski definition) is 1. The molecule has 1 saturated carbocycles. The minimum absolute atomic E-state index is 0.129. The molecule has 0 bridgehead atoms. The third kappa shape index (κ3) is 4.33. The molecular weight excluding hydrogens is 305 g/mol. The molecule has 21 heavy (non-hydrogen) atoms. The predicted molar refractivity (Wildman–Crippen MR) is 73.7 cm³/mol. The minimum atomic E-state index is -4.42. The van der Waals surface area contributed by atoms with Crippen molar-refractivity contribution in [3.05, 3.63) is 23.9 Å². The highest BCUT2D eigenvalue weighted by Gasteiger charge is 2.32. The van der Waals surface area contributed by atoms with Crippen molar-refractivity contribution >= 4 is 15.7 Å². The maximum atomic E-state index is 12.6.